The van der Waals surface area contributed by atoms with Gasteiger partial charge in [-0.2, -0.15) is 0 Å². The number of nitrogens with zero attached hydrogens (tertiary/aromatic N) is 1. The zero-order valence-corrected chi connectivity index (χ0v) is 13.8. The highest BCUT2D eigenvalue weighted by atomic mass is 79.9. The first kappa shape index (κ1) is 14.4. The van der Waals surface area contributed by atoms with Crippen LogP contribution >= 0.6 is 27.5 Å². The molecule has 0 aliphatic carbocycles. The van der Waals surface area contributed by atoms with Gasteiger partial charge in [-0.15, -0.1) is 0 Å². The van der Waals surface area contributed by atoms with E-state index in [0.717, 1.165) is 33.7 Å². The van der Waals surface area contributed by atoms with Crippen LogP contribution in [-0.4, -0.2) is 4.98 Å². The molecule has 0 unspecified atom stereocenters. The summed E-state index contributed by atoms with van der Waals surface area (Å²) in [7, 11) is 0. The van der Waals surface area contributed by atoms with Crippen molar-refractivity contribution in [3.63, 3.8) is 0 Å². The molecule has 4 heteroatoms. The number of para-hydroxylation sites is 1. The van der Waals surface area contributed by atoms with Gasteiger partial charge in [0.05, 0.1) is 0 Å². The smallest absolute Gasteiger partial charge is 0.153 e. The van der Waals surface area contributed by atoms with Crippen molar-refractivity contribution in [1.82, 2.24) is 4.98 Å². The summed E-state index contributed by atoms with van der Waals surface area (Å²) >= 11 is 9.54. The molecule has 0 spiro atoms. The Labute approximate surface area is 136 Å². The van der Waals surface area contributed by atoms with Gasteiger partial charge in [0.15, 0.2) is 5.75 Å². The topological polar surface area (TPSA) is 22.1 Å². The van der Waals surface area contributed by atoms with Crippen LogP contribution in [0.15, 0.2) is 48.5 Å². The van der Waals surface area contributed by atoms with E-state index in [1.54, 1.807) is 0 Å². The second kappa shape index (κ2) is 6.04. The lowest BCUT2D eigenvalue weighted by Crippen LogP contribution is -1.92. The van der Waals surface area contributed by atoms with Gasteiger partial charge in [0.25, 0.3) is 0 Å². The molecule has 3 rings (SSSR count). The minimum Gasteiger partial charge on any atom is -0.455 e. The highest BCUT2D eigenvalue weighted by Crippen LogP contribution is 2.33. The van der Waals surface area contributed by atoms with Crippen molar-refractivity contribution in [3.05, 3.63) is 64.8 Å². The van der Waals surface area contributed by atoms with Gasteiger partial charge in [0.2, 0.25) is 0 Å². The van der Waals surface area contributed by atoms with Crippen molar-refractivity contribution in [2.45, 2.75) is 12.3 Å². The number of ether oxygens (including phenoxy) is 1. The molecule has 0 saturated heterocycles. The number of hydrogen-bond acceptors (Lipinski definition) is 2. The molecule has 0 saturated carbocycles. The standard InChI is InChI=1S/C17H13BrClNO/c1-11-5-6-12-3-2-4-15(17(12)20-11)21-16-9-14(19)8-7-13(16)10-18/h2-9H,10H2,1H3. The van der Waals surface area contributed by atoms with E-state index in [1.165, 1.54) is 0 Å². The van der Waals surface area contributed by atoms with Crippen LogP contribution < -0.4 is 4.74 Å². The quantitative estimate of drug-likeness (QED) is 0.542. The monoisotopic (exact) mass is 361 g/mol. The average Bonchev–Trinajstić information content (AvgIpc) is 2.48. The van der Waals surface area contributed by atoms with Crippen LogP contribution in [0.4, 0.5) is 0 Å². The SMILES string of the molecule is Cc1ccc2cccc(Oc3cc(Cl)ccc3CBr)c2n1. The molecule has 0 N–H and O–H groups in total. The summed E-state index contributed by atoms with van der Waals surface area (Å²) in [6, 6.07) is 15.6. The lowest BCUT2D eigenvalue weighted by Gasteiger charge is -2.12. The Morgan fingerprint density at radius 3 is 2.76 bits per heavy atom. The van der Waals surface area contributed by atoms with Gasteiger partial charge in [-0.25, -0.2) is 4.98 Å². The zero-order chi connectivity index (χ0) is 14.8. The Kier molecular flexibility index (Phi) is 4.13. The summed E-state index contributed by atoms with van der Waals surface area (Å²) in [6.07, 6.45) is 0. The summed E-state index contributed by atoms with van der Waals surface area (Å²) in [6.45, 7) is 1.97. The first-order valence-corrected chi connectivity index (χ1v) is 8.06. The maximum atomic E-state index is 6.07. The lowest BCUT2D eigenvalue weighted by molar-refractivity contribution is 0.483. The van der Waals surface area contributed by atoms with E-state index in [-0.39, 0.29) is 0 Å². The van der Waals surface area contributed by atoms with Crippen LogP contribution in [0.1, 0.15) is 11.3 Å². The molecule has 0 atom stereocenters. The minimum atomic E-state index is 0.652. The number of rotatable bonds is 3. The third-order valence-corrected chi connectivity index (χ3v) is 4.05. The number of halogens is 2. The predicted molar refractivity (Wildman–Crippen MR) is 90.6 cm³/mol. The Morgan fingerprint density at radius 1 is 1.10 bits per heavy atom. The van der Waals surface area contributed by atoms with Crippen LogP contribution in [0.25, 0.3) is 10.9 Å². The second-order valence-corrected chi connectivity index (χ2v) is 5.77. The second-order valence-electron chi connectivity index (χ2n) is 4.77. The molecule has 0 radical (unpaired) electrons. The molecule has 2 aromatic carbocycles. The van der Waals surface area contributed by atoms with E-state index in [9.17, 15) is 0 Å². The van der Waals surface area contributed by atoms with E-state index in [4.69, 9.17) is 16.3 Å². The molecule has 0 aliphatic heterocycles. The number of aryl methyl sites for hydroxylation is 1. The van der Waals surface area contributed by atoms with Crippen molar-refractivity contribution in [2.75, 3.05) is 0 Å². The van der Waals surface area contributed by atoms with Crippen molar-refractivity contribution in [1.29, 1.82) is 0 Å². The Hall–Kier alpha value is -1.58. The minimum absolute atomic E-state index is 0.652. The van der Waals surface area contributed by atoms with Gasteiger partial charge in [-0.05, 0) is 31.2 Å². The molecule has 21 heavy (non-hydrogen) atoms. The molecule has 3 aromatic rings. The van der Waals surface area contributed by atoms with E-state index >= 15 is 0 Å². The van der Waals surface area contributed by atoms with Crippen LogP contribution in [0, 0.1) is 6.92 Å². The molecule has 0 amide bonds. The highest BCUT2D eigenvalue weighted by Gasteiger charge is 2.09. The highest BCUT2D eigenvalue weighted by molar-refractivity contribution is 9.08. The van der Waals surface area contributed by atoms with Crippen LogP contribution in [0.5, 0.6) is 11.5 Å². The van der Waals surface area contributed by atoms with E-state index in [1.807, 2.05) is 55.5 Å². The molecule has 106 valence electrons. The molecular weight excluding hydrogens is 350 g/mol. The van der Waals surface area contributed by atoms with Gasteiger partial charge in [0.1, 0.15) is 11.3 Å². The number of aromatic nitrogens is 1. The zero-order valence-electron chi connectivity index (χ0n) is 11.4. The first-order valence-electron chi connectivity index (χ1n) is 6.56. The Morgan fingerprint density at radius 2 is 1.95 bits per heavy atom. The third kappa shape index (κ3) is 3.04. The van der Waals surface area contributed by atoms with Gasteiger partial charge < -0.3 is 4.74 Å². The summed E-state index contributed by atoms with van der Waals surface area (Å²) in [4.78, 5) is 4.58. The van der Waals surface area contributed by atoms with Crippen LogP contribution in [-0.2, 0) is 5.33 Å². The molecule has 0 aliphatic rings. The molecule has 2 nitrogen and oxygen atoms in total. The van der Waals surface area contributed by atoms with Crippen LogP contribution in [0.3, 0.4) is 0 Å². The van der Waals surface area contributed by atoms with Crippen molar-refractivity contribution in [3.8, 4) is 11.5 Å². The maximum Gasteiger partial charge on any atom is 0.153 e. The van der Waals surface area contributed by atoms with E-state index in [0.29, 0.717) is 10.4 Å². The maximum absolute atomic E-state index is 6.07. The predicted octanol–water partition coefficient (Wildman–Crippen LogP) is 5.88. The summed E-state index contributed by atoms with van der Waals surface area (Å²) in [5, 5.41) is 2.41. The van der Waals surface area contributed by atoms with Gasteiger partial charge in [0, 0.05) is 27.0 Å². The van der Waals surface area contributed by atoms with E-state index in [2.05, 4.69) is 20.9 Å². The fourth-order valence-electron chi connectivity index (χ4n) is 2.15. The van der Waals surface area contributed by atoms with Gasteiger partial charge >= 0.3 is 0 Å². The lowest BCUT2D eigenvalue weighted by atomic mass is 10.2. The third-order valence-electron chi connectivity index (χ3n) is 3.22. The summed E-state index contributed by atoms with van der Waals surface area (Å²) < 4.78 is 6.07. The largest absolute Gasteiger partial charge is 0.455 e. The Balaban J connectivity index is 2.10. The van der Waals surface area contributed by atoms with Crippen LogP contribution in [0.2, 0.25) is 5.02 Å². The van der Waals surface area contributed by atoms with Gasteiger partial charge in [-0.1, -0.05) is 51.8 Å². The normalized spacial score (nSPS) is 10.8. The Bertz CT molecular complexity index is 804. The number of fused-ring (bicyclic) bond motifs is 1. The molecule has 1 aromatic heterocycles. The first-order chi connectivity index (χ1) is 10.2. The molecule has 0 bridgehead atoms. The van der Waals surface area contributed by atoms with Crippen molar-refractivity contribution in [2.24, 2.45) is 0 Å². The van der Waals surface area contributed by atoms with E-state index < -0.39 is 0 Å². The molecule has 1 heterocycles. The van der Waals surface area contributed by atoms with Gasteiger partial charge in [-0.3, -0.25) is 0 Å². The van der Waals surface area contributed by atoms with Crippen molar-refractivity contribution < 1.29 is 4.74 Å². The number of pyridine rings is 1. The summed E-state index contributed by atoms with van der Waals surface area (Å²) in [5.41, 5.74) is 2.87. The number of hydrogen-bond donors (Lipinski definition) is 0. The number of alkyl halides is 1. The fraction of sp³-hybridized carbons (Fsp3) is 0.118. The number of benzene rings is 2. The summed E-state index contributed by atoms with van der Waals surface area (Å²) in [5.74, 6) is 1.48. The fourth-order valence-corrected chi connectivity index (χ4v) is 2.78. The molecular formula is C17H13BrClNO. The average molecular weight is 363 g/mol. The van der Waals surface area contributed by atoms with Crippen molar-refractivity contribution >= 4 is 38.4 Å². The molecule has 0 fully saturated rings.